The largest absolute Gasteiger partial charge is 0.327 e. The van der Waals surface area contributed by atoms with Gasteiger partial charge >= 0.3 is 0 Å². The highest BCUT2D eigenvalue weighted by atomic mass is 14.7. The Kier molecular flexibility index (Phi) is 7.65. The summed E-state index contributed by atoms with van der Waals surface area (Å²) >= 11 is 0. The molecule has 0 heterocycles. The molecule has 0 spiro atoms. The van der Waals surface area contributed by atoms with Gasteiger partial charge in [0.05, 0.1) is 0 Å². The monoisotopic (exact) mass is 335 g/mol. The van der Waals surface area contributed by atoms with E-state index in [1.54, 1.807) is 0 Å². The maximum atomic E-state index is 6.91. The van der Waals surface area contributed by atoms with E-state index in [-0.39, 0.29) is 0 Å². The van der Waals surface area contributed by atoms with Crippen LogP contribution in [0, 0.1) is 35.0 Å². The molecule has 1 heteroatoms. The quantitative estimate of drug-likeness (QED) is 0.544. The molecule has 2 rings (SSSR count). The van der Waals surface area contributed by atoms with Gasteiger partial charge in [0, 0.05) is 6.04 Å². The average molecular weight is 336 g/mol. The molecular formula is C23H45N. The number of hydrogen-bond acceptors (Lipinski definition) is 1. The maximum absolute atomic E-state index is 6.91. The third-order valence-corrected chi connectivity index (χ3v) is 7.94. The van der Waals surface area contributed by atoms with Crippen LogP contribution >= 0.6 is 0 Å². The van der Waals surface area contributed by atoms with Gasteiger partial charge in [-0.25, -0.2) is 0 Å². The van der Waals surface area contributed by atoms with Crippen molar-refractivity contribution in [1.29, 1.82) is 0 Å². The van der Waals surface area contributed by atoms with E-state index in [1.807, 2.05) is 0 Å². The lowest BCUT2D eigenvalue weighted by Gasteiger charge is -2.56. The van der Waals surface area contributed by atoms with Gasteiger partial charge in [-0.3, -0.25) is 0 Å². The highest BCUT2D eigenvalue weighted by Gasteiger charge is 2.51. The van der Waals surface area contributed by atoms with Gasteiger partial charge in [-0.2, -0.15) is 0 Å². The minimum Gasteiger partial charge on any atom is -0.327 e. The van der Waals surface area contributed by atoms with Crippen molar-refractivity contribution in [3.63, 3.8) is 0 Å². The Morgan fingerprint density at radius 2 is 1.83 bits per heavy atom. The van der Waals surface area contributed by atoms with E-state index in [0.29, 0.717) is 11.5 Å². The fourth-order valence-electron chi connectivity index (χ4n) is 6.60. The van der Waals surface area contributed by atoms with Crippen LogP contribution in [0.3, 0.4) is 0 Å². The Bertz CT molecular complexity index is 363. The van der Waals surface area contributed by atoms with Gasteiger partial charge in [0.1, 0.15) is 0 Å². The van der Waals surface area contributed by atoms with Crippen molar-refractivity contribution in [3.05, 3.63) is 0 Å². The van der Waals surface area contributed by atoms with E-state index in [4.69, 9.17) is 5.73 Å². The summed E-state index contributed by atoms with van der Waals surface area (Å²) in [6.07, 6.45) is 15.5. The van der Waals surface area contributed by atoms with Crippen LogP contribution in [-0.2, 0) is 0 Å². The van der Waals surface area contributed by atoms with Gasteiger partial charge in [0.15, 0.2) is 0 Å². The Labute approximate surface area is 152 Å². The minimum absolute atomic E-state index is 0.393. The second kappa shape index (κ2) is 9.06. The first kappa shape index (κ1) is 20.3. The number of hydrogen-bond donors (Lipinski definition) is 1. The van der Waals surface area contributed by atoms with Crippen LogP contribution < -0.4 is 5.73 Å². The minimum atomic E-state index is 0.393. The van der Waals surface area contributed by atoms with Crippen molar-refractivity contribution in [1.82, 2.24) is 0 Å². The molecule has 2 aliphatic rings. The van der Waals surface area contributed by atoms with Crippen LogP contribution in [0.25, 0.3) is 0 Å². The van der Waals surface area contributed by atoms with Crippen molar-refractivity contribution in [2.75, 3.05) is 0 Å². The zero-order valence-electron chi connectivity index (χ0n) is 17.3. The second-order valence-corrected chi connectivity index (χ2v) is 9.71. The molecule has 0 aromatic heterocycles. The van der Waals surface area contributed by atoms with E-state index < -0.39 is 0 Å². The van der Waals surface area contributed by atoms with Crippen molar-refractivity contribution in [2.24, 2.45) is 40.7 Å². The lowest BCUT2D eigenvalue weighted by atomic mass is 9.49. The SMILES string of the molecule is CCCCC1CCC(C2CCCC(C)C2)C(C(C)C)(C(N)CC)C1. The topological polar surface area (TPSA) is 26.0 Å². The molecule has 24 heavy (non-hydrogen) atoms. The van der Waals surface area contributed by atoms with Crippen LogP contribution in [0.5, 0.6) is 0 Å². The molecule has 0 aliphatic heterocycles. The molecule has 1 nitrogen and oxygen atoms in total. The molecule has 0 radical (unpaired) electrons. The van der Waals surface area contributed by atoms with Crippen LogP contribution in [0.2, 0.25) is 0 Å². The molecule has 2 aliphatic carbocycles. The van der Waals surface area contributed by atoms with Gasteiger partial charge in [-0.15, -0.1) is 0 Å². The van der Waals surface area contributed by atoms with E-state index in [0.717, 1.165) is 36.0 Å². The maximum Gasteiger partial charge on any atom is 0.00982 e. The first-order valence-corrected chi connectivity index (χ1v) is 11.2. The smallest absolute Gasteiger partial charge is 0.00982 e. The number of unbranched alkanes of at least 4 members (excludes halogenated alkanes) is 1. The Balaban J connectivity index is 2.25. The standard InChI is InChI=1S/C23H45N/c1-6-8-11-19-13-14-21(20-12-9-10-18(5)15-20)23(16-19,17(3)4)22(24)7-2/h17-22H,6-16,24H2,1-5H3. The fourth-order valence-corrected chi connectivity index (χ4v) is 6.60. The Morgan fingerprint density at radius 3 is 2.42 bits per heavy atom. The third-order valence-electron chi connectivity index (χ3n) is 7.94. The second-order valence-electron chi connectivity index (χ2n) is 9.71. The van der Waals surface area contributed by atoms with E-state index in [1.165, 1.54) is 64.2 Å². The zero-order chi connectivity index (χ0) is 17.7. The van der Waals surface area contributed by atoms with Gasteiger partial charge in [-0.05, 0) is 60.7 Å². The summed E-state index contributed by atoms with van der Waals surface area (Å²) in [6, 6.07) is 0.393. The summed E-state index contributed by atoms with van der Waals surface area (Å²) in [6.45, 7) is 12.1. The molecule has 0 aromatic carbocycles. The third kappa shape index (κ3) is 4.19. The Hall–Kier alpha value is -0.0400. The predicted molar refractivity (Wildman–Crippen MR) is 107 cm³/mol. The van der Waals surface area contributed by atoms with Gasteiger partial charge in [0.25, 0.3) is 0 Å². The summed E-state index contributed by atoms with van der Waals surface area (Å²) in [5.41, 5.74) is 7.30. The molecule has 2 saturated carbocycles. The normalized spacial score (nSPS) is 39.1. The molecule has 6 unspecified atom stereocenters. The molecule has 0 amide bonds. The summed E-state index contributed by atoms with van der Waals surface area (Å²) < 4.78 is 0. The average Bonchev–Trinajstić information content (AvgIpc) is 2.58. The fraction of sp³-hybridized carbons (Fsp3) is 1.00. The summed E-state index contributed by atoms with van der Waals surface area (Å²) in [7, 11) is 0. The lowest BCUT2D eigenvalue weighted by molar-refractivity contribution is -0.0571. The first-order valence-electron chi connectivity index (χ1n) is 11.2. The van der Waals surface area contributed by atoms with Crippen molar-refractivity contribution in [2.45, 2.75) is 111 Å². The van der Waals surface area contributed by atoms with E-state index in [9.17, 15) is 0 Å². The van der Waals surface area contributed by atoms with Crippen molar-refractivity contribution in [3.8, 4) is 0 Å². The number of nitrogens with two attached hydrogens (primary N) is 1. The van der Waals surface area contributed by atoms with Gasteiger partial charge in [0.2, 0.25) is 0 Å². The lowest BCUT2D eigenvalue weighted by Crippen LogP contribution is -2.55. The van der Waals surface area contributed by atoms with Gasteiger partial charge < -0.3 is 5.73 Å². The van der Waals surface area contributed by atoms with Crippen LogP contribution in [-0.4, -0.2) is 6.04 Å². The highest BCUT2D eigenvalue weighted by Crippen LogP contribution is 2.57. The zero-order valence-corrected chi connectivity index (χ0v) is 17.3. The Morgan fingerprint density at radius 1 is 1.08 bits per heavy atom. The summed E-state index contributed by atoms with van der Waals surface area (Å²) in [4.78, 5) is 0. The first-order chi connectivity index (χ1) is 11.5. The van der Waals surface area contributed by atoms with Gasteiger partial charge in [-0.1, -0.05) is 79.6 Å². The van der Waals surface area contributed by atoms with Crippen molar-refractivity contribution >= 4 is 0 Å². The molecule has 0 saturated heterocycles. The van der Waals surface area contributed by atoms with E-state index >= 15 is 0 Å². The van der Waals surface area contributed by atoms with E-state index in [2.05, 4.69) is 34.6 Å². The molecule has 2 N–H and O–H groups in total. The van der Waals surface area contributed by atoms with Crippen LogP contribution in [0.4, 0.5) is 0 Å². The highest BCUT2D eigenvalue weighted by molar-refractivity contribution is 5.03. The van der Waals surface area contributed by atoms with Crippen LogP contribution in [0.15, 0.2) is 0 Å². The van der Waals surface area contributed by atoms with Crippen LogP contribution in [0.1, 0.15) is 105 Å². The molecular weight excluding hydrogens is 290 g/mol. The summed E-state index contributed by atoms with van der Waals surface area (Å²) in [5, 5.41) is 0. The van der Waals surface area contributed by atoms with Crippen molar-refractivity contribution < 1.29 is 0 Å². The summed E-state index contributed by atoms with van der Waals surface area (Å²) in [5.74, 6) is 4.42. The molecule has 142 valence electrons. The predicted octanol–water partition coefficient (Wildman–Crippen LogP) is 6.80. The molecule has 6 atom stereocenters. The molecule has 0 aromatic rings. The molecule has 0 bridgehead atoms. The number of rotatable bonds is 7. The molecule has 2 fully saturated rings.